The van der Waals surface area contributed by atoms with E-state index in [0.29, 0.717) is 46.6 Å². The van der Waals surface area contributed by atoms with Gasteiger partial charge in [0.05, 0.1) is 11.4 Å². The van der Waals surface area contributed by atoms with E-state index >= 15 is 0 Å². The van der Waals surface area contributed by atoms with Gasteiger partial charge in [0.15, 0.2) is 6.10 Å². The van der Waals surface area contributed by atoms with Crippen molar-refractivity contribution >= 4 is 39.8 Å². The number of rotatable bonds is 11. The zero-order chi connectivity index (χ0) is 30.7. The third-order valence-electron chi connectivity index (χ3n) is 6.97. The monoisotopic (exact) mass is 587 g/mol. The van der Waals surface area contributed by atoms with Crippen LogP contribution >= 0.6 is 0 Å². The lowest BCUT2D eigenvalue weighted by Gasteiger charge is -2.29. The molecule has 0 aromatic heterocycles. The molecule has 5 aromatic carbocycles. The van der Waals surface area contributed by atoms with Gasteiger partial charge in [-0.3, -0.25) is 10.1 Å². The van der Waals surface area contributed by atoms with Crippen LogP contribution in [0.4, 0.5) is 21.9 Å². The van der Waals surface area contributed by atoms with Crippen LogP contribution in [0.15, 0.2) is 133 Å². The number of allylic oxidation sites excluding steroid dienone is 1. The molecule has 0 radical (unpaired) electrons. The molecule has 5 N–H and O–H groups in total. The van der Waals surface area contributed by atoms with Gasteiger partial charge in [0, 0.05) is 16.6 Å². The maximum atomic E-state index is 13.3. The first-order chi connectivity index (χ1) is 21.5. The minimum Gasteiger partial charge on any atom is -0.507 e. The Morgan fingerprint density at radius 1 is 0.773 bits per heavy atom. The molecule has 0 aliphatic rings. The lowest BCUT2D eigenvalue weighted by molar-refractivity contribution is -0.111. The number of hydrogen-bond acceptors (Lipinski definition) is 6. The van der Waals surface area contributed by atoms with E-state index in [0.717, 1.165) is 5.39 Å². The lowest BCUT2D eigenvalue weighted by atomic mass is 9.94. The zero-order valence-corrected chi connectivity index (χ0v) is 23.9. The molecular weight excluding hydrogens is 554 g/mol. The molecule has 5 aromatic rings. The maximum Gasteiger partial charge on any atom is 0.412 e. The van der Waals surface area contributed by atoms with Crippen molar-refractivity contribution in [3.8, 4) is 11.5 Å². The molecule has 0 spiro atoms. The smallest absolute Gasteiger partial charge is 0.412 e. The van der Waals surface area contributed by atoms with Gasteiger partial charge in [-0.2, -0.15) is 0 Å². The summed E-state index contributed by atoms with van der Waals surface area (Å²) in [6.07, 6.45) is 1.82. The Hall–Kier alpha value is -5.76. The lowest BCUT2D eigenvalue weighted by Crippen LogP contribution is -2.31. The molecule has 0 aliphatic heterocycles. The number of nitrogens with two attached hydrogens (primary N) is 1. The predicted molar refractivity (Wildman–Crippen MR) is 174 cm³/mol. The first-order valence-corrected chi connectivity index (χ1v) is 14.2. The van der Waals surface area contributed by atoms with E-state index in [-0.39, 0.29) is 11.7 Å². The molecule has 0 unspecified atom stereocenters. The molecule has 8 nitrogen and oxygen atoms in total. The number of carbonyl (C=O) groups excluding carboxylic acids is 2. The first kappa shape index (κ1) is 29.7. The van der Waals surface area contributed by atoms with Gasteiger partial charge in [-0.15, -0.1) is 0 Å². The number of amides is 2. The molecule has 5 rings (SSSR count). The molecule has 2 amide bonds. The fraction of sp³-hybridized carbons (Fsp3) is 0.111. The number of aromatic hydroxyl groups is 1. The molecule has 44 heavy (non-hydrogen) atoms. The van der Waals surface area contributed by atoms with Crippen LogP contribution in [0.2, 0.25) is 0 Å². The number of phenolic OH excluding ortho intramolecular Hbond substituents is 1. The van der Waals surface area contributed by atoms with Crippen LogP contribution < -0.4 is 21.1 Å². The molecular formula is C36H33N3O5. The van der Waals surface area contributed by atoms with Crippen molar-refractivity contribution in [2.24, 2.45) is 0 Å². The van der Waals surface area contributed by atoms with E-state index in [1.54, 1.807) is 54.6 Å². The fourth-order valence-electron chi connectivity index (χ4n) is 4.86. The predicted octanol–water partition coefficient (Wildman–Crippen LogP) is 7.84. The highest BCUT2D eigenvalue weighted by atomic mass is 16.6. The minimum atomic E-state index is -0.879. The second kappa shape index (κ2) is 14.4. The second-order valence-corrected chi connectivity index (χ2v) is 10.1. The van der Waals surface area contributed by atoms with Crippen LogP contribution in [0.5, 0.6) is 11.5 Å². The van der Waals surface area contributed by atoms with E-state index in [1.165, 1.54) is 6.08 Å². The third kappa shape index (κ3) is 7.74. The zero-order valence-electron chi connectivity index (χ0n) is 23.9. The number of hydrogen-bond donors (Lipinski definition) is 4. The van der Waals surface area contributed by atoms with Crippen LogP contribution in [0.1, 0.15) is 24.5 Å². The van der Waals surface area contributed by atoms with Crippen molar-refractivity contribution in [2.75, 3.05) is 16.4 Å². The van der Waals surface area contributed by atoms with Crippen molar-refractivity contribution in [3.63, 3.8) is 0 Å². The summed E-state index contributed by atoms with van der Waals surface area (Å²) in [7, 11) is 0. The molecule has 0 saturated carbocycles. The van der Waals surface area contributed by atoms with Gasteiger partial charge in [-0.1, -0.05) is 84.9 Å². The van der Waals surface area contributed by atoms with Crippen molar-refractivity contribution in [1.29, 1.82) is 0 Å². The number of carbonyl (C=O) groups is 2. The number of ether oxygens (including phenoxy) is 2. The summed E-state index contributed by atoms with van der Waals surface area (Å²) < 4.78 is 12.6. The molecule has 0 heterocycles. The van der Waals surface area contributed by atoms with Crippen LogP contribution in [0, 0.1) is 0 Å². The summed E-state index contributed by atoms with van der Waals surface area (Å²) in [4.78, 5) is 25.8. The van der Waals surface area contributed by atoms with Gasteiger partial charge in [0.1, 0.15) is 17.6 Å². The van der Waals surface area contributed by atoms with Gasteiger partial charge >= 0.3 is 6.09 Å². The largest absolute Gasteiger partial charge is 0.507 e. The van der Waals surface area contributed by atoms with Gasteiger partial charge in [-0.25, -0.2) is 4.79 Å². The standard InChI is InChI=1S/C36H33N3O5/c37-30-19-9-10-20-31(30)39-34(41)22-12-11-21-33(43-26-15-5-2-6-16-26)35(44-36(42)38-25-13-3-1-4-14-25)29-23-24-32(40)28-18-8-7-17-27(28)29/h1-10,12-20,22-24,33,35,40H,11,21,37H2,(H,38,42)(H,39,41)/b22-12+/t33-,35-/m1/s1. The Morgan fingerprint density at radius 2 is 1.43 bits per heavy atom. The Labute approximate surface area is 255 Å². The van der Waals surface area contributed by atoms with E-state index < -0.39 is 18.3 Å². The highest BCUT2D eigenvalue weighted by Crippen LogP contribution is 2.36. The normalized spacial score (nSPS) is 12.4. The average Bonchev–Trinajstić information content (AvgIpc) is 3.04. The number of phenols is 1. The van der Waals surface area contributed by atoms with Crippen LogP contribution in [-0.4, -0.2) is 23.2 Å². The maximum absolute atomic E-state index is 13.3. The summed E-state index contributed by atoms with van der Waals surface area (Å²) in [5.74, 6) is 0.396. The Balaban J connectivity index is 1.43. The fourth-order valence-corrected chi connectivity index (χ4v) is 4.86. The Kier molecular flexibility index (Phi) is 9.74. The first-order valence-electron chi connectivity index (χ1n) is 14.2. The summed E-state index contributed by atoms with van der Waals surface area (Å²) in [5.41, 5.74) is 8.20. The van der Waals surface area contributed by atoms with Crippen LogP contribution in [0.25, 0.3) is 10.8 Å². The Morgan fingerprint density at radius 3 is 2.18 bits per heavy atom. The van der Waals surface area contributed by atoms with Crippen molar-refractivity contribution < 1.29 is 24.2 Å². The van der Waals surface area contributed by atoms with Gasteiger partial charge < -0.3 is 25.6 Å². The molecule has 0 saturated heterocycles. The van der Waals surface area contributed by atoms with E-state index in [4.69, 9.17) is 15.2 Å². The molecule has 0 aliphatic carbocycles. The van der Waals surface area contributed by atoms with Gasteiger partial charge in [0.25, 0.3) is 0 Å². The molecule has 0 bridgehead atoms. The second-order valence-electron chi connectivity index (χ2n) is 10.1. The molecule has 222 valence electrons. The highest BCUT2D eigenvalue weighted by Gasteiger charge is 2.31. The van der Waals surface area contributed by atoms with Crippen molar-refractivity contribution in [2.45, 2.75) is 25.0 Å². The highest BCUT2D eigenvalue weighted by molar-refractivity contribution is 6.01. The van der Waals surface area contributed by atoms with E-state index in [1.807, 2.05) is 72.8 Å². The number of benzene rings is 5. The number of para-hydroxylation sites is 4. The molecule has 8 heteroatoms. The average molecular weight is 588 g/mol. The van der Waals surface area contributed by atoms with Gasteiger partial charge in [0.2, 0.25) is 5.91 Å². The summed E-state index contributed by atoms with van der Waals surface area (Å²) in [6.45, 7) is 0. The van der Waals surface area contributed by atoms with Gasteiger partial charge in [-0.05, 0) is 66.8 Å². The number of nitrogens with one attached hydrogen (secondary N) is 2. The minimum absolute atomic E-state index is 0.116. The third-order valence-corrected chi connectivity index (χ3v) is 6.97. The van der Waals surface area contributed by atoms with E-state index in [9.17, 15) is 14.7 Å². The summed E-state index contributed by atoms with van der Waals surface area (Å²) in [6, 6.07) is 36.0. The topological polar surface area (TPSA) is 123 Å². The van der Waals surface area contributed by atoms with Crippen LogP contribution in [0.3, 0.4) is 0 Å². The number of nitrogen functional groups attached to an aromatic ring is 1. The SMILES string of the molecule is Nc1ccccc1NC(=O)/C=C/CC[C@@H](Oc1ccccc1)[C@H](OC(=O)Nc1ccccc1)c1ccc(O)c2ccccc12. The number of fused-ring (bicyclic) bond motifs is 1. The van der Waals surface area contributed by atoms with E-state index in [2.05, 4.69) is 10.6 Å². The summed E-state index contributed by atoms with van der Waals surface area (Å²) in [5, 5.41) is 17.5. The van der Waals surface area contributed by atoms with Crippen molar-refractivity contribution in [1.82, 2.24) is 0 Å². The Bertz CT molecular complexity index is 1740. The van der Waals surface area contributed by atoms with Crippen molar-refractivity contribution in [3.05, 3.63) is 139 Å². The van der Waals surface area contributed by atoms with Crippen LogP contribution in [-0.2, 0) is 9.53 Å². The molecule has 0 fully saturated rings. The summed E-state index contributed by atoms with van der Waals surface area (Å²) >= 11 is 0. The molecule has 2 atom stereocenters. The quantitative estimate of drug-likeness (QED) is 0.0922. The number of anilines is 3.